The number of pyridine rings is 2. The van der Waals surface area contributed by atoms with Gasteiger partial charge in [-0.25, -0.2) is 23.1 Å². The molecule has 0 saturated carbocycles. The fourth-order valence-electron chi connectivity index (χ4n) is 4.18. The summed E-state index contributed by atoms with van der Waals surface area (Å²) in [5, 5.41) is 0. The smallest absolute Gasteiger partial charge is 0.268 e. The Labute approximate surface area is 194 Å². The van der Waals surface area contributed by atoms with Crippen LogP contribution in [0, 0.1) is 5.92 Å². The van der Waals surface area contributed by atoms with Crippen LogP contribution >= 0.6 is 0 Å². The van der Waals surface area contributed by atoms with Crippen LogP contribution in [0.25, 0.3) is 5.76 Å². The first-order valence-corrected chi connectivity index (χ1v) is 12.5. The van der Waals surface area contributed by atoms with Gasteiger partial charge in [0.2, 0.25) is 0 Å². The largest absolute Gasteiger partial charge is 0.492 e. The summed E-state index contributed by atoms with van der Waals surface area (Å²) in [5.41, 5.74) is 6.24. The van der Waals surface area contributed by atoms with Crippen molar-refractivity contribution in [2.24, 2.45) is 5.92 Å². The molecule has 3 N–H and O–H groups in total. The summed E-state index contributed by atoms with van der Waals surface area (Å²) in [6.45, 7) is 7.68. The molecule has 1 saturated heterocycles. The van der Waals surface area contributed by atoms with Gasteiger partial charge in [-0.1, -0.05) is 6.92 Å². The maximum atomic E-state index is 13.2. The Hall–Kier alpha value is -3.14. The summed E-state index contributed by atoms with van der Waals surface area (Å²) in [4.78, 5) is 23.7. The van der Waals surface area contributed by atoms with Gasteiger partial charge in [0.25, 0.3) is 15.9 Å². The first kappa shape index (κ1) is 23.0. The van der Waals surface area contributed by atoms with Gasteiger partial charge in [0, 0.05) is 18.3 Å². The predicted molar refractivity (Wildman–Crippen MR) is 126 cm³/mol. The summed E-state index contributed by atoms with van der Waals surface area (Å²) in [6, 6.07) is 6.04. The lowest BCUT2D eigenvalue weighted by Crippen LogP contribution is -2.44. The van der Waals surface area contributed by atoms with Crippen molar-refractivity contribution in [3.05, 3.63) is 47.8 Å². The highest BCUT2D eigenvalue weighted by Crippen LogP contribution is 2.39. The first-order chi connectivity index (χ1) is 15.6. The number of nitrogens with one attached hydrogen (secondary N) is 1. The molecular weight excluding hydrogens is 442 g/mol. The average Bonchev–Trinajstić information content (AvgIpc) is 3.06. The number of aromatic nitrogens is 2. The third-order valence-electron chi connectivity index (χ3n) is 6.57. The van der Waals surface area contributed by atoms with E-state index in [-0.39, 0.29) is 21.8 Å². The Balaban J connectivity index is 1.75. The number of nitrogens with two attached hydrogens (primary N) is 1. The van der Waals surface area contributed by atoms with Crippen LogP contribution in [0.4, 0.5) is 11.6 Å². The third-order valence-corrected chi connectivity index (χ3v) is 7.95. The van der Waals surface area contributed by atoms with Crippen molar-refractivity contribution in [2.75, 3.05) is 23.8 Å². The number of rotatable bonds is 5. The van der Waals surface area contributed by atoms with Gasteiger partial charge in [-0.05, 0) is 69.4 Å². The number of ether oxygens (including phenoxy) is 1. The highest BCUT2D eigenvalue weighted by Gasteiger charge is 2.41. The van der Waals surface area contributed by atoms with Crippen molar-refractivity contribution < 1.29 is 17.9 Å². The van der Waals surface area contributed by atoms with Gasteiger partial charge < -0.3 is 15.4 Å². The summed E-state index contributed by atoms with van der Waals surface area (Å²) < 4.78 is 33.6. The van der Waals surface area contributed by atoms with E-state index in [2.05, 4.69) is 35.4 Å². The molecular formula is C23H29N5O4S. The maximum absolute atomic E-state index is 13.2. The van der Waals surface area contributed by atoms with E-state index in [0.29, 0.717) is 36.3 Å². The summed E-state index contributed by atoms with van der Waals surface area (Å²) >= 11 is 0. The Morgan fingerprint density at radius 3 is 2.73 bits per heavy atom. The van der Waals surface area contributed by atoms with Crippen LogP contribution in [0.15, 0.2) is 41.4 Å². The van der Waals surface area contributed by atoms with Crippen molar-refractivity contribution >= 4 is 33.3 Å². The first-order valence-electron chi connectivity index (χ1n) is 11.0. The quantitative estimate of drug-likeness (QED) is 0.681. The molecule has 1 amide bonds. The average molecular weight is 472 g/mol. The van der Waals surface area contributed by atoms with Crippen LogP contribution in [0.2, 0.25) is 0 Å². The minimum Gasteiger partial charge on any atom is -0.492 e. The van der Waals surface area contributed by atoms with E-state index < -0.39 is 15.9 Å². The lowest BCUT2D eigenvalue weighted by Gasteiger charge is -2.36. The van der Waals surface area contributed by atoms with E-state index in [4.69, 9.17) is 15.5 Å². The number of nitrogen functional groups attached to an aromatic ring is 1. The number of nitrogens with zero attached hydrogens (tertiary/aromatic N) is 3. The topological polar surface area (TPSA) is 128 Å². The van der Waals surface area contributed by atoms with E-state index >= 15 is 0 Å². The number of carbonyl (C=O) groups excluding carboxylic acids is 1. The summed E-state index contributed by atoms with van der Waals surface area (Å²) in [6.07, 6.45) is 6.15. The highest BCUT2D eigenvalue weighted by molar-refractivity contribution is 7.90. The molecule has 4 heterocycles. The number of allylic oxidation sites excluding steroid dienone is 1. The van der Waals surface area contributed by atoms with Crippen molar-refractivity contribution in [3.63, 3.8) is 0 Å². The zero-order valence-corrected chi connectivity index (χ0v) is 19.9. The van der Waals surface area contributed by atoms with Gasteiger partial charge in [0.05, 0.1) is 12.2 Å². The van der Waals surface area contributed by atoms with Crippen LogP contribution in [-0.2, 0) is 14.8 Å². The van der Waals surface area contributed by atoms with Gasteiger partial charge in [-0.3, -0.25) is 4.79 Å². The third kappa shape index (κ3) is 4.39. The SMILES string of the molecule is CC1CCN(c2nc(C3=CCCCO3)ccc2C(=O)NS(=O)(=O)c2cccnc2N)C1(C)C. The molecule has 1 fully saturated rings. The summed E-state index contributed by atoms with van der Waals surface area (Å²) in [7, 11) is -4.22. The minimum atomic E-state index is -4.22. The zero-order chi connectivity index (χ0) is 23.8. The Kier molecular flexibility index (Phi) is 6.04. The van der Waals surface area contributed by atoms with Gasteiger partial charge in [0.15, 0.2) is 0 Å². The Bertz CT molecular complexity index is 1210. The zero-order valence-electron chi connectivity index (χ0n) is 19.0. The molecule has 2 aliphatic heterocycles. The maximum Gasteiger partial charge on any atom is 0.268 e. The lowest BCUT2D eigenvalue weighted by molar-refractivity contribution is 0.0981. The fraction of sp³-hybridized carbons (Fsp3) is 0.435. The molecule has 2 aromatic heterocycles. The van der Waals surface area contributed by atoms with E-state index in [0.717, 1.165) is 19.3 Å². The number of sulfonamides is 1. The van der Waals surface area contributed by atoms with Gasteiger partial charge >= 0.3 is 0 Å². The molecule has 33 heavy (non-hydrogen) atoms. The normalized spacial score (nSPS) is 20.2. The monoisotopic (exact) mass is 471 g/mol. The second-order valence-corrected chi connectivity index (χ2v) is 10.6. The number of anilines is 2. The van der Waals surface area contributed by atoms with Gasteiger partial charge in [-0.15, -0.1) is 0 Å². The minimum absolute atomic E-state index is 0.170. The highest BCUT2D eigenvalue weighted by atomic mass is 32.2. The van der Waals surface area contributed by atoms with Crippen LogP contribution < -0.4 is 15.4 Å². The van der Waals surface area contributed by atoms with Crippen LogP contribution in [-0.4, -0.2) is 43.0 Å². The molecule has 0 aromatic carbocycles. The Morgan fingerprint density at radius 1 is 1.30 bits per heavy atom. The van der Waals surface area contributed by atoms with E-state index in [1.54, 1.807) is 12.1 Å². The Morgan fingerprint density at radius 2 is 2.09 bits per heavy atom. The predicted octanol–water partition coefficient (Wildman–Crippen LogP) is 2.95. The van der Waals surface area contributed by atoms with Gasteiger partial charge in [0.1, 0.15) is 28.0 Å². The molecule has 176 valence electrons. The molecule has 2 aromatic rings. The standard InChI is InChI=1S/C23H29N5O4S/c1-15-11-13-28(23(15,2)3)21-16(9-10-17(26-21)18-7-4-5-14-32-18)22(29)27-33(30,31)19-8-6-12-25-20(19)24/h6-10,12,15H,4-5,11,13-14H2,1-3H3,(H2,24,25)(H,27,29). The molecule has 0 spiro atoms. The number of hydrogen-bond donors (Lipinski definition) is 2. The number of carbonyl (C=O) groups is 1. The van der Waals surface area contributed by atoms with E-state index in [1.807, 2.05) is 6.08 Å². The fourth-order valence-corrected chi connectivity index (χ4v) is 5.23. The second-order valence-electron chi connectivity index (χ2n) is 8.94. The van der Waals surface area contributed by atoms with Crippen LogP contribution in [0.1, 0.15) is 56.1 Å². The van der Waals surface area contributed by atoms with Crippen molar-refractivity contribution in [3.8, 4) is 0 Å². The summed E-state index contributed by atoms with van der Waals surface area (Å²) in [5.74, 6) is 0.519. The molecule has 0 bridgehead atoms. The second kappa shape index (κ2) is 8.66. The molecule has 0 radical (unpaired) electrons. The number of amides is 1. The van der Waals surface area contributed by atoms with E-state index in [1.165, 1.54) is 18.3 Å². The molecule has 4 rings (SSSR count). The van der Waals surface area contributed by atoms with E-state index in [9.17, 15) is 13.2 Å². The van der Waals surface area contributed by atoms with Crippen LogP contribution in [0.5, 0.6) is 0 Å². The van der Waals surface area contributed by atoms with Gasteiger partial charge in [-0.2, -0.15) is 0 Å². The van der Waals surface area contributed by atoms with Crippen molar-refractivity contribution in [2.45, 2.75) is 50.5 Å². The molecule has 10 heteroatoms. The number of hydrogen-bond acceptors (Lipinski definition) is 8. The molecule has 0 aliphatic carbocycles. The molecule has 2 aliphatic rings. The molecule has 1 unspecified atom stereocenters. The molecule has 9 nitrogen and oxygen atoms in total. The van der Waals surface area contributed by atoms with Crippen molar-refractivity contribution in [1.82, 2.24) is 14.7 Å². The molecule has 1 atom stereocenters. The van der Waals surface area contributed by atoms with Crippen LogP contribution in [0.3, 0.4) is 0 Å². The lowest BCUT2D eigenvalue weighted by atomic mass is 9.90. The van der Waals surface area contributed by atoms with Crippen molar-refractivity contribution in [1.29, 1.82) is 0 Å².